The Hall–Kier alpha value is -1.85. The van der Waals surface area contributed by atoms with Crippen LogP contribution in [0.3, 0.4) is 0 Å². The molecule has 6 heteroatoms. The molecule has 1 amide bonds. The summed E-state index contributed by atoms with van der Waals surface area (Å²) in [6.07, 6.45) is 5.79. The number of piperidine rings is 3. The number of benzene rings is 1. The summed E-state index contributed by atoms with van der Waals surface area (Å²) in [4.78, 5) is 15.0. The van der Waals surface area contributed by atoms with Crippen molar-refractivity contribution in [1.29, 1.82) is 0 Å². The maximum atomic E-state index is 12.5. The van der Waals surface area contributed by atoms with Gasteiger partial charge in [0, 0.05) is 35.4 Å². The predicted octanol–water partition coefficient (Wildman–Crippen LogP) is 3.24. The van der Waals surface area contributed by atoms with Crippen LogP contribution in [-0.2, 0) is 0 Å². The number of hydrogen-bond acceptors (Lipinski definition) is 3. The van der Waals surface area contributed by atoms with E-state index in [-0.39, 0.29) is 12.1 Å². The average Bonchev–Trinajstić information content (AvgIpc) is 3.06. The van der Waals surface area contributed by atoms with Crippen molar-refractivity contribution in [2.75, 3.05) is 13.1 Å². The smallest absolute Gasteiger partial charge is 0.332 e. The molecule has 5 nitrogen and oxygen atoms in total. The molecule has 1 aromatic heterocycles. The number of rotatable bonds is 2. The molecule has 1 aromatic carbocycles. The van der Waals surface area contributed by atoms with Crippen LogP contribution in [0.2, 0.25) is 5.02 Å². The fourth-order valence-electron chi connectivity index (χ4n) is 3.93. The van der Waals surface area contributed by atoms with E-state index < -0.39 is 0 Å². The van der Waals surface area contributed by atoms with Gasteiger partial charge in [0.2, 0.25) is 0 Å². The van der Waals surface area contributed by atoms with Crippen molar-refractivity contribution in [1.82, 2.24) is 20.0 Å². The second kappa shape index (κ2) is 6.22. The third-order valence-electron chi connectivity index (χ3n) is 5.31. The summed E-state index contributed by atoms with van der Waals surface area (Å²) >= 11 is 6.03. The van der Waals surface area contributed by atoms with Crippen molar-refractivity contribution in [3.8, 4) is 11.1 Å². The van der Waals surface area contributed by atoms with Crippen LogP contribution in [0.5, 0.6) is 0 Å². The predicted molar refractivity (Wildman–Crippen MR) is 94.1 cm³/mol. The molecule has 0 radical (unpaired) electrons. The van der Waals surface area contributed by atoms with Gasteiger partial charge in [-0.25, -0.2) is 4.79 Å². The van der Waals surface area contributed by atoms with Gasteiger partial charge in [-0.3, -0.25) is 4.90 Å². The average molecular weight is 345 g/mol. The molecule has 24 heavy (non-hydrogen) atoms. The molecule has 3 aliphatic rings. The van der Waals surface area contributed by atoms with Crippen LogP contribution in [0, 0.1) is 5.92 Å². The van der Waals surface area contributed by atoms with Crippen molar-refractivity contribution in [2.24, 2.45) is 5.92 Å². The molecular formula is C18H21ClN4O. The minimum Gasteiger partial charge on any atom is -0.332 e. The van der Waals surface area contributed by atoms with Crippen LogP contribution in [-0.4, -0.2) is 45.9 Å². The summed E-state index contributed by atoms with van der Waals surface area (Å²) in [6.45, 7) is 4.37. The van der Waals surface area contributed by atoms with E-state index >= 15 is 0 Å². The largest absolute Gasteiger partial charge is 0.342 e. The molecule has 0 spiro atoms. The molecule has 2 bridgehead atoms. The molecule has 2 aromatic rings. The standard InChI is InChI=1S/C18H21ClN4O/c1-12-7-14-5-6-22(12)11-17(14)21-18(24)23-10-15(9-20-23)13-3-2-4-16(19)8-13/h2-4,8-10,12,14,17H,5-7,11H2,1H3,(H,21,24)/t12?,14?,17-/m0/s1. The van der Waals surface area contributed by atoms with E-state index in [1.807, 2.05) is 24.3 Å². The Morgan fingerprint density at radius 3 is 2.96 bits per heavy atom. The molecule has 4 atom stereocenters. The molecule has 5 rings (SSSR count). The first-order valence-corrected chi connectivity index (χ1v) is 8.83. The summed E-state index contributed by atoms with van der Waals surface area (Å²) in [5, 5.41) is 8.04. The number of aromatic nitrogens is 2. The molecule has 3 saturated heterocycles. The molecule has 0 aliphatic carbocycles. The minimum atomic E-state index is -0.158. The number of halogens is 1. The van der Waals surface area contributed by atoms with E-state index in [9.17, 15) is 4.79 Å². The first kappa shape index (κ1) is 15.7. The van der Waals surface area contributed by atoms with Gasteiger partial charge in [0.1, 0.15) is 0 Å². The quantitative estimate of drug-likeness (QED) is 0.909. The molecule has 0 saturated carbocycles. The molecule has 126 valence electrons. The van der Waals surface area contributed by atoms with E-state index in [0.717, 1.165) is 30.6 Å². The molecule has 3 unspecified atom stereocenters. The molecule has 1 N–H and O–H groups in total. The summed E-state index contributed by atoms with van der Waals surface area (Å²) in [7, 11) is 0. The van der Waals surface area contributed by atoms with Crippen LogP contribution < -0.4 is 5.32 Å². The zero-order valence-corrected chi connectivity index (χ0v) is 14.4. The maximum Gasteiger partial charge on any atom is 0.342 e. The topological polar surface area (TPSA) is 50.2 Å². The van der Waals surface area contributed by atoms with Crippen LogP contribution in [0.4, 0.5) is 4.79 Å². The molecule has 3 aliphatic heterocycles. The third kappa shape index (κ3) is 2.94. The lowest BCUT2D eigenvalue weighted by molar-refractivity contribution is 0.0321. The lowest BCUT2D eigenvalue weighted by Gasteiger charge is -2.48. The summed E-state index contributed by atoms with van der Waals surface area (Å²) in [5.41, 5.74) is 1.84. The van der Waals surface area contributed by atoms with E-state index in [1.54, 1.807) is 12.4 Å². The van der Waals surface area contributed by atoms with E-state index in [4.69, 9.17) is 11.6 Å². The van der Waals surface area contributed by atoms with Gasteiger partial charge in [0.15, 0.2) is 0 Å². The van der Waals surface area contributed by atoms with Gasteiger partial charge in [-0.1, -0.05) is 23.7 Å². The lowest BCUT2D eigenvalue weighted by Crippen LogP contribution is -2.60. The van der Waals surface area contributed by atoms with E-state index in [0.29, 0.717) is 17.0 Å². The lowest BCUT2D eigenvalue weighted by atomic mass is 9.80. The van der Waals surface area contributed by atoms with Crippen molar-refractivity contribution in [2.45, 2.75) is 31.8 Å². The van der Waals surface area contributed by atoms with Crippen LogP contribution in [0.1, 0.15) is 19.8 Å². The Morgan fingerprint density at radius 2 is 2.25 bits per heavy atom. The van der Waals surface area contributed by atoms with Gasteiger partial charge < -0.3 is 5.32 Å². The molecule has 3 fully saturated rings. The van der Waals surface area contributed by atoms with Gasteiger partial charge in [-0.2, -0.15) is 9.78 Å². The normalized spacial score (nSPS) is 28.8. The van der Waals surface area contributed by atoms with Gasteiger partial charge in [0.25, 0.3) is 0 Å². The monoisotopic (exact) mass is 344 g/mol. The Bertz CT molecular complexity index is 759. The highest BCUT2D eigenvalue weighted by atomic mass is 35.5. The highest BCUT2D eigenvalue weighted by Crippen LogP contribution is 2.32. The Kier molecular flexibility index (Phi) is 4.06. The number of carbonyl (C=O) groups excluding carboxylic acids is 1. The number of hydrogen-bond donors (Lipinski definition) is 1. The Balaban J connectivity index is 1.46. The highest BCUT2D eigenvalue weighted by molar-refractivity contribution is 6.30. The zero-order valence-electron chi connectivity index (χ0n) is 13.7. The number of carbonyl (C=O) groups is 1. The first-order chi connectivity index (χ1) is 11.6. The van der Waals surface area contributed by atoms with Crippen LogP contribution >= 0.6 is 11.6 Å². The summed E-state index contributed by atoms with van der Waals surface area (Å²) < 4.78 is 1.39. The molecular weight excluding hydrogens is 324 g/mol. The van der Waals surface area contributed by atoms with Crippen LogP contribution in [0.15, 0.2) is 36.7 Å². The third-order valence-corrected chi connectivity index (χ3v) is 5.55. The summed E-state index contributed by atoms with van der Waals surface area (Å²) in [5.74, 6) is 0.580. The van der Waals surface area contributed by atoms with Crippen molar-refractivity contribution >= 4 is 17.6 Å². The second-order valence-corrected chi connectivity index (χ2v) is 7.30. The number of nitrogens with one attached hydrogen (secondary N) is 1. The fraction of sp³-hybridized carbons (Fsp3) is 0.444. The fourth-order valence-corrected chi connectivity index (χ4v) is 4.13. The first-order valence-electron chi connectivity index (χ1n) is 8.45. The second-order valence-electron chi connectivity index (χ2n) is 6.87. The van der Waals surface area contributed by atoms with Gasteiger partial charge >= 0.3 is 6.03 Å². The summed E-state index contributed by atoms with van der Waals surface area (Å²) in [6, 6.07) is 8.25. The Labute approximate surface area is 146 Å². The van der Waals surface area contributed by atoms with Gasteiger partial charge in [0.05, 0.1) is 6.20 Å². The Morgan fingerprint density at radius 1 is 1.38 bits per heavy atom. The number of nitrogens with zero attached hydrogens (tertiary/aromatic N) is 3. The number of amides is 1. The van der Waals surface area contributed by atoms with Crippen LogP contribution in [0.25, 0.3) is 11.1 Å². The SMILES string of the molecule is CC1CC2CCN1C[C@@H]2NC(=O)n1cc(-c2cccc(Cl)c2)cn1. The van der Waals surface area contributed by atoms with Crippen molar-refractivity contribution < 1.29 is 4.79 Å². The van der Waals surface area contributed by atoms with Crippen molar-refractivity contribution in [3.05, 3.63) is 41.7 Å². The van der Waals surface area contributed by atoms with Crippen molar-refractivity contribution in [3.63, 3.8) is 0 Å². The zero-order chi connectivity index (χ0) is 16.7. The van der Waals surface area contributed by atoms with E-state index in [1.165, 1.54) is 11.1 Å². The van der Waals surface area contributed by atoms with Gasteiger partial charge in [-0.15, -0.1) is 0 Å². The molecule has 4 heterocycles. The number of fused-ring (bicyclic) bond motifs is 3. The van der Waals surface area contributed by atoms with Gasteiger partial charge in [-0.05, 0) is 49.9 Å². The van der Waals surface area contributed by atoms with E-state index in [2.05, 4.69) is 22.2 Å². The maximum absolute atomic E-state index is 12.5. The minimum absolute atomic E-state index is 0.158. The highest BCUT2D eigenvalue weighted by Gasteiger charge is 2.38.